The lowest BCUT2D eigenvalue weighted by molar-refractivity contribution is -0.603. The minimum Gasteiger partial charge on any atom is -0.619 e. The van der Waals surface area contributed by atoms with Gasteiger partial charge in [0.25, 0.3) is 0 Å². The first-order valence-electron chi connectivity index (χ1n) is 8.81. The minimum absolute atomic E-state index is 0.114. The zero-order valence-electron chi connectivity index (χ0n) is 15.1. The van der Waals surface area contributed by atoms with Crippen molar-refractivity contribution in [3.63, 3.8) is 0 Å². The number of nitrogens with one attached hydrogen (secondary N) is 1. The molecule has 0 unspecified atom stereocenters. The van der Waals surface area contributed by atoms with Gasteiger partial charge >= 0.3 is 0 Å². The van der Waals surface area contributed by atoms with Gasteiger partial charge in [0.15, 0.2) is 12.0 Å². The normalized spacial score (nSPS) is 10.8. The lowest BCUT2D eigenvalue weighted by Gasteiger charge is -2.12. The summed E-state index contributed by atoms with van der Waals surface area (Å²) >= 11 is 6.41. The first kappa shape index (κ1) is 18.0. The molecule has 1 heterocycles. The zero-order valence-corrected chi connectivity index (χ0v) is 15.9. The van der Waals surface area contributed by atoms with E-state index in [0.717, 1.165) is 21.1 Å². The van der Waals surface area contributed by atoms with E-state index in [1.54, 1.807) is 24.3 Å². The summed E-state index contributed by atoms with van der Waals surface area (Å²) < 4.78 is 0.766. The maximum absolute atomic E-state index is 12.8. The number of halogens is 1. The quantitative estimate of drug-likeness (QED) is 0.289. The number of carbonyl (C=O) groups excluding carboxylic acids is 1. The van der Waals surface area contributed by atoms with Gasteiger partial charge in [-0.1, -0.05) is 54.1 Å². The van der Waals surface area contributed by atoms with Crippen molar-refractivity contribution >= 4 is 39.5 Å². The number of rotatable bonds is 4. The summed E-state index contributed by atoms with van der Waals surface area (Å²) in [5, 5.41) is 17.2. The third-order valence-corrected chi connectivity index (χ3v) is 4.97. The molecule has 0 saturated carbocycles. The van der Waals surface area contributed by atoms with Crippen LogP contribution in [0.4, 0.5) is 11.4 Å². The summed E-state index contributed by atoms with van der Waals surface area (Å²) in [7, 11) is 0. The van der Waals surface area contributed by atoms with Gasteiger partial charge in [-0.15, -0.1) is 0 Å². The van der Waals surface area contributed by atoms with Crippen LogP contribution in [0.25, 0.3) is 10.8 Å². The number of ketones is 1. The Hall–Kier alpha value is -3.37. The van der Waals surface area contributed by atoms with E-state index in [1.807, 2.05) is 49.4 Å². The van der Waals surface area contributed by atoms with Crippen LogP contribution in [-0.2, 0) is 0 Å². The summed E-state index contributed by atoms with van der Waals surface area (Å²) in [4.78, 5) is 12.8. The van der Waals surface area contributed by atoms with E-state index in [1.165, 1.54) is 12.4 Å². The number of anilines is 2. The molecule has 0 spiro atoms. The summed E-state index contributed by atoms with van der Waals surface area (Å²) in [6.45, 7) is 1.90. The SMILES string of the molecule is Cc1ccccc1C(=O)c1ccc(Nc2c[n+]([O-])cc3ccccc23)cc1Cl. The fourth-order valence-corrected chi connectivity index (χ4v) is 3.50. The lowest BCUT2D eigenvalue weighted by Crippen LogP contribution is -2.24. The first-order valence-corrected chi connectivity index (χ1v) is 9.19. The molecule has 0 aliphatic heterocycles. The molecule has 0 saturated heterocycles. The van der Waals surface area contributed by atoms with Gasteiger partial charge in [0.1, 0.15) is 5.69 Å². The minimum atomic E-state index is -0.114. The second kappa shape index (κ2) is 7.33. The van der Waals surface area contributed by atoms with Gasteiger partial charge < -0.3 is 10.5 Å². The highest BCUT2D eigenvalue weighted by Gasteiger charge is 2.15. The molecular formula is C23H17ClN2O2. The van der Waals surface area contributed by atoms with Crippen molar-refractivity contribution in [2.75, 3.05) is 5.32 Å². The highest BCUT2D eigenvalue weighted by atomic mass is 35.5. The molecule has 0 amide bonds. The third-order valence-electron chi connectivity index (χ3n) is 4.66. The predicted molar refractivity (Wildman–Crippen MR) is 112 cm³/mol. The summed E-state index contributed by atoms with van der Waals surface area (Å²) in [5.74, 6) is -0.114. The van der Waals surface area contributed by atoms with Crippen LogP contribution in [0.2, 0.25) is 5.02 Å². The zero-order chi connectivity index (χ0) is 19.7. The summed E-state index contributed by atoms with van der Waals surface area (Å²) in [6, 6.07) is 20.2. The molecule has 0 atom stereocenters. The van der Waals surface area contributed by atoms with E-state index < -0.39 is 0 Å². The highest BCUT2D eigenvalue weighted by molar-refractivity contribution is 6.35. The Morgan fingerprint density at radius 3 is 2.50 bits per heavy atom. The van der Waals surface area contributed by atoms with Crippen LogP contribution in [0, 0.1) is 12.1 Å². The van der Waals surface area contributed by atoms with E-state index in [0.29, 0.717) is 27.5 Å². The molecule has 0 aliphatic carbocycles. The number of carbonyl (C=O) groups is 1. The summed E-state index contributed by atoms with van der Waals surface area (Å²) in [6.07, 6.45) is 3.00. The smallest absolute Gasteiger partial charge is 0.204 e. The van der Waals surface area contributed by atoms with Crippen molar-refractivity contribution < 1.29 is 9.52 Å². The Labute approximate surface area is 167 Å². The molecule has 0 aliphatic rings. The number of aryl methyl sites for hydroxylation is 1. The number of hydrogen-bond acceptors (Lipinski definition) is 3. The number of nitrogens with zero attached hydrogens (tertiary/aromatic N) is 1. The molecule has 1 N–H and O–H groups in total. The standard InChI is InChI=1S/C23H17ClN2O2/c1-15-6-2-4-8-18(15)23(27)20-11-10-17(12-21(20)24)25-22-14-26(28)13-16-7-3-5-9-19(16)22/h2-14,25H,1H3. The van der Waals surface area contributed by atoms with Crippen molar-refractivity contribution in [3.05, 3.63) is 106 Å². The molecular weight excluding hydrogens is 372 g/mol. The van der Waals surface area contributed by atoms with Crippen LogP contribution >= 0.6 is 11.6 Å². The van der Waals surface area contributed by atoms with Crippen molar-refractivity contribution in [2.45, 2.75) is 6.92 Å². The second-order valence-electron chi connectivity index (χ2n) is 6.58. The average Bonchev–Trinajstić information content (AvgIpc) is 2.68. The van der Waals surface area contributed by atoms with E-state index in [4.69, 9.17) is 11.6 Å². The molecule has 0 bridgehead atoms. The number of hydrogen-bond donors (Lipinski definition) is 1. The van der Waals surface area contributed by atoms with Crippen LogP contribution < -0.4 is 10.0 Å². The molecule has 4 rings (SSSR count). The molecule has 0 radical (unpaired) electrons. The van der Waals surface area contributed by atoms with E-state index in [2.05, 4.69) is 5.32 Å². The molecule has 0 fully saturated rings. The van der Waals surface area contributed by atoms with Crippen molar-refractivity contribution in [3.8, 4) is 0 Å². The largest absolute Gasteiger partial charge is 0.619 e. The Morgan fingerprint density at radius 1 is 0.964 bits per heavy atom. The fourth-order valence-electron chi connectivity index (χ4n) is 3.23. The average molecular weight is 389 g/mol. The molecule has 1 aromatic heterocycles. The van der Waals surface area contributed by atoms with Crippen LogP contribution in [-0.4, -0.2) is 5.78 Å². The molecule has 4 nitrogen and oxygen atoms in total. The van der Waals surface area contributed by atoms with Crippen LogP contribution in [0.3, 0.4) is 0 Å². The highest BCUT2D eigenvalue weighted by Crippen LogP contribution is 2.29. The van der Waals surface area contributed by atoms with E-state index in [-0.39, 0.29) is 5.78 Å². The van der Waals surface area contributed by atoms with Gasteiger partial charge in [0.05, 0.1) is 5.02 Å². The van der Waals surface area contributed by atoms with Gasteiger partial charge in [-0.3, -0.25) is 4.79 Å². The maximum atomic E-state index is 12.8. The van der Waals surface area contributed by atoms with Crippen molar-refractivity contribution in [2.24, 2.45) is 0 Å². The summed E-state index contributed by atoms with van der Waals surface area (Å²) in [5.41, 5.74) is 3.34. The predicted octanol–water partition coefficient (Wildman–Crippen LogP) is 5.41. The van der Waals surface area contributed by atoms with Crippen molar-refractivity contribution in [1.29, 1.82) is 0 Å². The maximum Gasteiger partial charge on any atom is 0.204 e. The second-order valence-corrected chi connectivity index (χ2v) is 6.99. The first-order chi connectivity index (χ1) is 13.5. The van der Waals surface area contributed by atoms with E-state index >= 15 is 0 Å². The Kier molecular flexibility index (Phi) is 4.72. The number of aromatic nitrogens is 1. The Balaban J connectivity index is 1.68. The van der Waals surface area contributed by atoms with Gasteiger partial charge in [-0.05, 0) is 36.8 Å². The van der Waals surface area contributed by atoms with Crippen LogP contribution in [0.15, 0.2) is 79.1 Å². The van der Waals surface area contributed by atoms with Crippen LogP contribution in [0.5, 0.6) is 0 Å². The molecule has 138 valence electrons. The third kappa shape index (κ3) is 3.42. The molecule has 3 aromatic carbocycles. The number of benzene rings is 3. The Morgan fingerprint density at radius 2 is 1.71 bits per heavy atom. The van der Waals surface area contributed by atoms with Crippen LogP contribution in [0.1, 0.15) is 21.5 Å². The number of pyridine rings is 1. The molecule has 5 heteroatoms. The fraction of sp³-hybridized carbons (Fsp3) is 0.0435. The van der Waals surface area contributed by atoms with E-state index in [9.17, 15) is 10.0 Å². The van der Waals surface area contributed by atoms with Gasteiger partial charge in [-0.2, -0.15) is 4.73 Å². The van der Waals surface area contributed by atoms with Crippen molar-refractivity contribution in [1.82, 2.24) is 0 Å². The molecule has 28 heavy (non-hydrogen) atoms. The van der Waals surface area contributed by atoms with Gasteiger partial charge in [-0.25, -0.2) is 0 Å². The van der Waals surface area contributed by atoms with Gasteiger partial charge in [0.2, 0.25) is 6.20 Å². The monoisotopic (exact) mass is 388 g/mol. The van der Waals surface area contributed by atoms with Gasteiger partial charge in [0, 0.05) is 27.6 Å². The number of fused-ring (bicyclic) bond motifs is 1. The Bertz CT molecular complexity index is 1200. The molecule has 4 aromatic rings. The topological polar surface area (TPSA) is 56.0 Å². The lowest BCUT2D eigenvalue weighted by atomic mass is 9.99.